The van der Waals surface area contributed by atoms with Gasteiger partial charge >= 0.3 is 0 Å². The molecule has 0 amide bonds. The molecule has 1 saturated carbocycles. The molecule has 3 aromatic rings. The molecule has 3 nitrogen and oxygen atoms in total. The minimum Gasteiger partial charge on any atom is -0.507 e. The summed E-state index contributed by atoms with van der Waals surface area (Å²) in [6.45, 7) is 4.13. The molecule has 1 spiro atoms. The summed E-state index contributed by atoms with van der Waals surface area (Å²) in [5, 5.41) is 22.7. The lowest BCUT2D eigenvalue weighted by molar-refractivity contribution is 0.0247. The van der Waals surface area contributed by atoms with Gasteiger partial charge in [-0.05, 0) is 61.2 Å². The van der Waals surface area contributed by atoms with Crippen molar-refractivity contribution in [2.75, 3.05) is 0 Å². The summed E-state index contributed by atoms with van der Waals surface area (Å²) < 4.78 is 15.7. The number of fused-ring (bicyclic) bond motifs is 4. The summed E-state index contributed by atoms with van der Waals surface area (Å²) in [7, 11) is 0. The highest BCUT2D eigenvalue weighted by Gasteiger charge is 2.54. The Balaban J connectivity index is 1.95. The first-order valence-electron chi connectivity index (χ1n) is 9.66. The van der Waals surface area contributed by atoms with Crippen LogP contribution >= 0.6 is 0 Å². The number of rotatable bonds is 1. The Morgan fingerprint density at radius 2 is 1.78 bits per heavy atom. The Hall–Kier alpha value is -2.33. The van der Waals surface area contributed by atoms with E-state index in [1.165, 1.54) is 17.7 Å². The molecule has 1 unspecified atom stereocenters. The summed E-state index contributed by atoms with van der Waals surface area (Å²) in [5.74, 6) is 0.00441. The van der Waals surface area contributed by atoms with E-state index in [1.807, 2.05) is 12.1 Å². The lowest BCUT2D eigenvalue weighted by atomic mass is 9.54. The van der Waals surface area contributed by atoms with Crippen LogP contribution in [0.25, 0.3) is 16.6 Å². The highest BCUT2D eigenvalue weighted by atomic mass is 19.1. The minimum atomic E-state index is -0.476. The quantitative estimate of drug-likeness (QED) is 0.642. The average molecular weight is 365 g/mol. The van der Waals surface area contributed by atoms with Gasteiger partial charge < -0.3 is 14.8 Å². The number of halogens is 1. The van der Waals surface area contributed by atoms with Crippen LogP contribution in [0.4, 0.5) is 4.39 Å². The van der Waals surface area contributed by atoms with Crippen LogP contribution in [0.15, 0.2) is 42.5 Å². The lowest BCUT2D eigenvalue weighted by Gasteiger charge is -2.52. The molecule has 2 aliphatic rings. The van der Waals surface area contributed by atoms with Gasteiger partial charge in [0.2, 0.25) is 0 Å². The average Bonchev–Trinajstić information content (AvgIpc) is 2.95. The van der Waals surface area contributed by atoms with E-state index in [-0.39, 0.29) is 17.0 Å². The first kappa shape index (κ1) is 16.8. The van der Waals surface area contributed by atoms with Crippen LogP contribution in [0.2, 0.25) is 0 Å². The zero-order valence-electron chi connectivity index (χ0n) is 15.7. The number of aromatic hydroxyl groups is 1. The highest BCUT2D eigenvalue weighted by molar-refractivity contribution is 5.94. The number of hydrogen-bond acceptors (Lipinski definition) is 2. The Morgan fingerprint density at radius 3 is 2.41 bits per heavy atom. The van der Waals surface area contributed by atoms with Crippen molar-refractivity contribution in [3.05, 3.63) is 59.5 Å². The van der Waals surface area contributed by atoms with Crippen LogP contribution in [-0.4, -0.2) is 20.9 Å². The molecule has 140 valence electrons. The van der Waals surface area contributed by atoms with Crippen LogP contribution in [0.3, 0.4) is 0 Å². The van der Waals surface area contributed by atoms with Crippen molar-refractivity contribution in [1.82, 2.24) is 4.57 Å². The molecule has 0 aliphatic heterocycles. The molecule has 1 aromatic heterocycles. The third-order valence-corrected chi connectivity index (χ3v) is 6.93. The molecule has 2 aromatic carbocycles. The number of aliphatic hydroxyl groups is 1. The maximum atomic E-state index is 13.6. The van der Waals surface area contributed by atoms with Gasteiger partial charge in [0.05, 0.1) is 11.6 Å². The molecule has 0 radical (unpaired) electrons. The van der Waals surface area contributed by atoms with Crippen LogP contribution < -0.4 is 0 Å². The molecule has 1 fully saturated rings. The van der Waals surface area contributed by atoms with Gasteiger partial charge in [0.1, 0.15) is 11.6 Å². The fraction of sp³-hybridized carbons (Fsp3) is 0.391. The molecular formula is C23H24FNO2. The van der Waals surface area contributed by atoms with Crippen molar-refractivity contribution in [3.63, 3.8) is 0 Å². The molecule has 0 bridgehead atoms. The smallest absolute Gasteiger partial charge is 0.125 e. The Morgan fingerprint density at radius 1 is 1.07 bits per heavy atom. The zero-order chi connectivity index (χ0) is 19.0. The predicted molar refractivity (Wildman–Crippen MR) is 104 cm³/mol. The van der Waals surface area contributed by atoms with E-state index < -0.39 is 11.5 Å². The largest absolute Gasteiger partial charge is 0.507 e. The summed E-state index contributed by atoms with van der Waals surface area (Å²) >= 11 is 0. The molecule has 0 saturated heterocycles. The van der Waals surface area contributed by atoms with Gasteiger partial charge in [-0.2, -0.15) is 0 Å². The van der Waals surface area contributed by atoms with E-state index in [4.69, 9.17) is 0 Å². The maximum Gasteiger partial charge on any atom is 0.125 e. The molecular weight excluding hydrogens is 341 g/mol. The Labute approximate surface area is 158 Å². The van der Waals surface area contributed by atoms with E-state index in [0.29, 0.717) is 0 Å². The van der Waals surface area contributed by atoms with Gasteiger partial charge in [0.15, 0.2) is 0 Å². The molecule has 5 rings (SSSR count). The topological polar surface area (TPSA) is 45.4 Å². The van der Waals surface area contributed by atoms with E-state index >= 15 is 0 Å². The van der Waals surface area contributed by atoms with Crippen LogP contribution in [0.1, 0.15) is 50.8 Å². The standard InChI is InChI=1S/C23H24FNO2/c1-22(2)18(27)13-23(11-4-12-23)20-19-16(5-3-6-17(19)26)25(21(20)22)15-9-7-14(24)8-10-15/h3,5-10,18,26-27H,4,11-13H2,1-2H3. The highest BCUT2D eigenvalue weighted by Crippen LogP contribution is 2.59. The summed E-state index contributed by atoms with van der Waals surface area (Å²) in [6, 6.07) is 12.0. The van der Waals surface area contributed by atoms with Crippen molar-refractivity contribution in [1.29, 1.82) is 0 Å². The number of nitrogens with zero attached hydrogens (tertiary/aromatic N) is 1. The van der Waals surface area contributed by atoms with Crippen LogP contribution in [0.5, 0.6) is 5.75 Å². The Kier molecular flexibility index (Phi) is 3.33. The molecule has 1 heterocycles. The van der Waals surface area contributed by atoms with E-state index in [1.54, 1.807) is 18.2 Å². The maximum absolute atomic E-state index is 13.6. The number of phenols is 1. The third-order valence-electron chi connectivity index (χ3n) is 6.93. The number of aromatic nitrogens is 1. The van der Waals surface area contributed by atoms with Gasteiger partial charge in [0.25, 0.3) is 0 Å². The van der Waals surface area contributed by atoms with E-state index in [0.717, 1.165) is 48.0 Å². The summed E-state index contributed by atoms with van der Waals surface area (Å²) in [6.07, 6.45) is 3.47. The van der Waals surface area contributed by atoms with Crippen LogP contribution in [-0.2, 0) is 10.8 Å². The normalized spacial score (nSPS) is 22.6. The van der Waals surface area contributed by atoms with E-state index in [9.17, 15) is 14.6 Å². The van der Waals surface area contributed by atoms with Crippen molar-refractivity contribution >= 4 is 10.9 Å². The third kappa shape index (κ3) is 2.10. The predicted octanol–water partition coefficient (Wildman–Crippen LogP) is 4.94. The Bertz CT molecular complexity index is 1040. The molecule has 4 heteroatoms. The van der Waals surface area contributed by atoms with Gasteiger partial charge in [-0.25, -0.2) is 4.39 Å². The van der Waals surface area contributed by atoms with Gasteiger partial charge in [-0.1, -0.05) is 26.3 Å². The first-order valence-corrected chi connectivity index (χ1v) is 9.66. The first-order chi connectivity index (χ1) is 12.8. The van der Waals surface area contributed by atoms with Crippen molar-refractivity contribution in [3.8, 4) is 11.4 Å². The van der Waals surface area contributed by atoms with Gasteiger partial charge in [-0.15, -0.1) is 0 Å². The fourth-order valence-electron chi connectivity index (χ4n) is 5.25. The zero-order valence-corrected chi connectivity index (χ0v) is 15.7. The fourth-order valence-corrected chi connectivity index (χ4v) is 5.25. The van der Waals surface area contributed by atoms with Crippen LogP contribution in [0, 0.1) is 5.82 Å². The second-order valence-corrected chi connectivity index (χ2v) is 8.78. The second kappa shape index (κ2) is 5.35. The molecule has 2 aliphatic carbocycles. The van der Waals surface area contributed by atoms with Gasteiger partial charge in [-0.3, -0.25) is 0 Å². The van der Waals surface area contributed by atoms with Crippen molar-refractivity contribution < 1.29 is 14.6 Å². The minimum absolute atomic E-state index is 0.0768. The number of hydrogen-bond donors (Lipinski definition) is 2. The number of aliphatic hydroxyl groups excluding tert-OH is 1. The summed E-state index contributed by atoms with van der Waals surface area (Å²) in [5.41, 5.74) is 3.44. The SMILES string of the molecule is CC1(C)c2c(c3c(O)cccc3n2-c2ccc(F)cc2)C2(CCC2)CC1O. The molecule has 2 N–H and O–H groups in total. The van der Waals surface area contributed by atoms with Crippen molar-refractivity contribution in [2.45, 2.75) is 56.5 Å². The van der Waals surface area contributed by atoms with Crippen molar-refractivity contribution in [2.24, 2.45) is 0 Å². The second-order valence-electron chi connectivity index (χ2n) is 8.78. The molecule has 1 atom stereocenters. The molecule has 27 heavy (non-hydrogen) atoms. The number of benzene rings is 2. The lowest BCUT2D eigenvalue weighted by Crippen LogP contribution is -2.50. The summed E-state index contributed by atoms with van der Waals surface area (Å²) in [4.78, 5) is 0. The number of phenolic OH excluding ortho intramolecular Hbond substituents is 1. The monoisotopic (exact) mass is 365 g/mol. The van der Waals surface area contributed by atoms with E-state index in [2.05, 4.69) is 18.4 Å². The van der Waals surface area contributed by atoms with Gasteiger partial charge in [0, 0.05) is 27.6 Å².